The monoisotopic (exact) mass is 597 g/mol. The van der Waals surface area contributed by atoms with Crippen LogP contribution in [-0.2, 0) is 19.7 Å². The van der Waals surface area contributed by atoms with E-state index in [2.05, 4.69) is 16.0 Å². The van der Waals surface area contributed by atoms with Gasteiger partial charge in [-0.2, -0.15) is 14.8 Å². The van der Waals surface area contributed by atoms with Crippen LogP contribution in [0.2, 0.25) is 0 Å². The van der Waals surface area contributed by atoms with Crippen molar-refractivity contribution < 1.29 is 14.2 Å². The summed E-state index contributed by atoms with van der Waals surface area (Å²) in [6.45, 7) is 3.25. The van der Waals surface area contributed by atoms with Crippen molar-refractivity contribution in [1.29, 1.82) is 5.26 Å². The van der Waals surface area contributed by atoms with E-state index in [1.807, 2.05) is 91.9 Å². The van der Waals surface area contributed by atoms with Gasteiger partial charge in [0.25, 0.3) is 0 Å². The summed E-state index contributed by atoms with van der Waals surface area (Å²) in [6.07, 6.45) is 1.74. The van der Waals surface area contributed by atoms with Crippen LogP contribution in [0.5, 0.6) is 17.5 Å². The second kappa shape index (κ2) is 13.1. The van der Waals surface area contributed by atoms with Gasteiger partial charge in [-0.3, -0.25) is 4.98 Å². The molecule has 0 fully saturated rings. The average Bonchev–Trinajstić information content (AvgIpc) is 3.51. The van der Waals surface area contributed by atoms with Gasteiger partial charge in [0.1, 0.15) is 18.1 Å². The molecule has 224 valence electrons. The third kappa shape index (κ3) is 6.68. The van der Waals surface area contributed by atoms with Crippen LogP contribution in [0.1, 0.15) is 27.9 Å². The van der Waals surface area contributed by atoms with Gasteiger partial charge < -0.3 is 19.1 Å². The minimum atomic E-state index is 0.208. The predicted octanol–water partition coefficient (Wildman–Crippen LogP) is 6.17. The fourth-order valence-electron chi connectivity index (χ4n) is 4.92. The zero-order valence-electron chi connectivity index (χ0n) is 25.2. The average molecular weight is 598 g/mol. The van der Waals surface area contributed by atoms with E-state index in [0.29, 0.717) is 35.9 Å². The molecule has 0 aliphatic rings. The fourth-order valence-corrected chi connectivity index (χ4v) is 4.92. The summed E-state index contributed by atoms with van der Waals surface area (Å²) < 4.78 is 18.5. The molecule has 0 amide bonds. The number of aromatic nitrogens is 5. The molecule has 3 aromatic carbocycles. The maximum Gasteiger partial charge on any atom is 0.336 e. The maximum absolute atomic E-state index is 9.56. The molecule has 0 atom stereocenters. The number of nitrogens with zero attached hydrogens (tertiary/aromatic N) is 7. The molecule has 0 saturated carbocycles. The molecule has 3 heterocycles. The summed E-state index contributed by atoms with van der Waals surface area (Å²) in [6, 6.07) is 31.4. The number of methoxy groups -OCH3 is 2. The molecule has 0 saturated heterocycles. The first-order valence-electron chi connectivity index (χ1n) is 14.4. The van der Waals surface area contributed by atoms with Gasteiger partial charge in [-0.15, -0.1) is 5.10 Å². The summed E-state index contributed by atoms with van der Waals surface area (Å²) in [4.78, 5) is 16.4. The Morgan fingerprint density at radius 2 is 1.51 bits per heavy atom. The van der Waals surface area contributed by atoms with Crippen LogP contribution in [-0.4, -0.2) is 38.8 Å². The van der Waals surface area contributed by atoms with Gasteiger partial charge in [0.2, 0.25) is 5.95 Å². The first-order valence-corrected chi connectivity index (χ1v) is 14.4. The Bertz CT molecular complexity index is 1920. The molecule has 0 unspecified atom stereocenters. The molecule has 3 aromatic heterocycles. The van der Waals surface area contributed by atoms with Gasteiger partial charge in [0, 0.05) is 30.9 Å². The number of hydrogen-bond donors (Lipinski definition) is 0. The minimum absolute atomic E-state index is 0.208. The Kier molecular flexibility index (Phi) is 8.51. The highest BCUT2D eigenvalue weighted by molar-refractivity contribution is 5.67. The number of benzene rings is 3. The first-order chi connectivity index (χ1) is 22.0. The number of anilines is 1. The SMILES string of the molecule is COc1ccc(CN(Cc2ccc(OC)cc2)c2nc(-c3cccc(C#N)c3)cc3nc(OCc4ncccc4C)nn23)cc1. The van der Waals surface area contributed by atoms with Crippen LogP contribution in [0.4, 0.5) is 5.95 Å². The largest absolute Gasteiger partial charge is 0.497 e. The van der Waals surface area contributed by atoms with Crippen molar-refractivity contribution >= 4 is 11.6 Å². The topological polar surface area (TPSA) is 111 Å². The summed E-state index contributed by atoms with van der Waals surface area (Å²) in [7, 11) is 3.30. The lowest BCUT2D eigenvalue weighted by molar-refractivity contribution is 0.276. The molecule has 10 heteroatoms. The molecule has 0 N–H and O–H groups in total. The lowest BCUT2D eigenvalue weighted by atomic mass is 10.1. The van der Waals surface area contributed by atoms with Crippen molar-refractivity contribution in [2.45, 2.75) is 26.6 Å². The summed E-state index contributed by atoms with van der Waals surface area (Å²) >= 11 is 0. The molecular formula is C35H31N7O3. The molecule has 0 bridgehead atoms. The highest BCUT2D eigenvalue weighted by Crippen LogP contribution is 2.28. The molecule has 0 aliphatic carbocycles. The number of fused-ring (bicyclic) bond motifs is 1. The summed E-state index contributed by atoms with van der Waals surface area (Å²) in [5, 5.41) is 14.3. The first kappa shape index (κ1) is 29.1. The standard InChI is InChI=1S/C35H31N7O3/c1-24-6-5-17-37-32(24)23-45-34-39-33-19-31(28-8-4-7-27(18-28)20-36)38-35(42(33)40-34)41(21-25-9-13-29(43-2)14-10-25)22-26-11-15-30(44-3)16-12-26/h4-19H,21-23H2,1-3H3. The molecular weight excluding hydrogens is 566 g/mol. The van der Waals surface area contributed by atoms with Crippen molar-refractivity contribution in [2.24, 2.45) is 0 Å². The molecule has 45 heavy (non-hydrogen) atoms. The van der Waals surface area contributed by atoms with Crippen molar-refractivity contribution in [3.63, 3.8) is 0 Å². The second-order valence-electron chi connectivity index (χ2n) is 10.4. The zero-order chi connectivity index (χ0) is 31.2. The van der Waals surface area contributed by atoms with Crippen molar-refractivity contribution in [1.82, 2.24) is 24.6 Å². The van der Waals surface area contributed by atoms with Crippen LogP contribution in [0, 0.1) is 18.3 Å². The smallest absolute Gasteiger partial charge is 0.336 e. The number of hydrogen-bond acceptors (Lipinski definition) is 9. The third-order valence-corrected chi connectivity index (χ3v) is 7.38. The summed E-state index contributed by atoms with van der Waals surface area (Å²) in [5.74, 6) is 2.12. The van der Waals surface area contributed by atoms with E-state index in [4.69, 9.17) is 29.3 Å². The molecule has 6 aromatic rings. The number of aryl methyl sites for hydroxylation is 1. The molecule has 0 aliphatic heterocycles. The fraction of sp³-hybridized carbons (Fsp3) is 0.171. The molecule has 0 radical (unpaired) electrons. The van der Waals surface area contributed by atoms with Crippen LogP contribution < -0.4 is 19.1 Å². The van der Waals surface area contributed by atoms with Gasteiger partial charge in [0.15, 0.2) is 5.65 Å². The van der Waals surface area contributed by atoms with Gasteiger partial charge in [0.05, 0.1) is 37.2 Å². The van der Waals surface area contributed by atoms with E-state index in [9.17, 15) is 5.26 Å². The Hall–Kier alpha value is -5.95. The van der Waals surface area contributed by atoms with E-state index >= 15 is 0 Å². The Morgan fingerprint density at radius 1 is 0.822 bits per heavy atom. The number of pyridine rings is 1. The zero-order valence-corrected chi connectivity index (χ0v) is 25.2. The molecule has 0 spiro atoms. The predicted molar refractivity (Wildman–Crippen MR) is 170 cm³/mol. The Morgan fingerprint density at radius 3 is 2.13 bits per heavy atom. The van der Waals surface area contributed by atoms with Gasteiger partial charge in [-0.25, -0.2) is 4.98 Å². The van der Waals surface area contributed by atoms with Gasteiger partial charge >= 0.3 is 6.01 Å². The third-order valence-electron chi connectivity index (χ3n) is 7.38. The molecule has 10 nitrogen and oxygen atoms in total. The summed E-state index contributed by atoms with van der Waals surface area (Å²) in [5.41, 5.74) is 6.49. The lowest BCUT2D eigenvalue weighted by Crippen LogP contribution is -2.26. The van der Waals surface area contributed by atoms with E-state index in [0.717, 1.165) is 39.4 Å². The molecule has 6 rings (SSSR count). The van der Waals surface area contributed by atoms with Crippen molar-refractivity contribution in [3.8, 4) is 34.8 Å². The van der Waals surface area contributed by atoms with E-state index in [-0.39, 0.29) is 12.6 Å². The Labute approximate surface area is 261 Å². The normalized spacial score (nSPS) is 10.8. The van der Waals surface area contributed by atoms with Gasteiger partial charge in [-0.05, 0) is 66.1 Å². The van der Waals surface area contributed by atoms with Crippen molar-refractivity contribution in [2.75, 3.05) is 19.1 Å². The highest BCUT2D eigenvalue weighted by Gasteiger charge is 2.20. The van der Waals surface area contributed by atoms with E-state index in [1.165, 1.54) is 0 Å². The van der Waals surface area contributed by atoms with Crippen molar-refractivity contribution in [3.05, 3.63) is 125 Å². The minimum Gasteiger partial charge on any atom is -0.497 e. The van der Waals surface area contributed by atoms with E-state index in [1.54, 1.807) is 31.0 Å². The lowest BCUT2D eigenvalue weighted by Gasteiger charge is -2.25. The maximum atomic E-state index is 9.56. The van der Waals surface area contributed by atoms with Crippen LogP contribution >= 0.6 is 0 Å². The van der Waals surface area contributed by atoms with Gasteiger partial charge in [-0.1, -0.05) is 42.5 Å². The number of rotatable bonds is 11. The number of nitriles is 1. The van der Waals surface area contributed by atoms with Crippen LogP contribution in [0.15, 0.2) is 97.2 Å². The van der Waals surface area contributed by atoms with E-state index < -0.39 is 0 Å². The van der Waals surface area contributed by atoms with Crippen LogP contribution in [0.25, 0.3) is 16.9 Å². The number of ether oxygens (including phenoxy) is 3. The quantitative estimate of drug-likeness (QED) is 0.173. The Balaban J connectivity index is 1.46. The highest BCUT2D eigenvalue weighted by atomic mass is 16.5. The van der Waals surface area contributed by atoms with Crippen LogP contribution in [0.3, 0.4) is 0 Å². The second-order valence-corrected chi connectivity index (χ2v) is 10.4.